The fourth-order valence-electron chi connectivity index (χ4n) is 3.28. The van der Waals surface area contributed by atoms with Crippen LogP contribution in [0.5, 0.6) is 5.75 Å². The molecule has 2 amide bonds. The highest BCUT2D eigenvalue weighted by Gasteiger charge is 2.31. The van der Waals surface area contributed by atoms with Gasteiger partial charge in [0.25, 0.3) is 5.91 Å². The first-order valence-corrected chi connectivity index (χ1v) is 9.79. The molecule has 0 unspecified atom stereocenters. The number of carbonyl (C=O) groups excluding carboxylic acids is 3. The van der Waals surface area contributed by atoms with Gasteiger partial charge in [-0.15, -0.1) is 0 Å². The molecule has 0 saturated heterocycles. The zero-order valence-electron chi connectivity index (χ0n) is 17.6. The Bertz CT molecular complexity index is 964. The summed E-state index contributed by atoms with van der Waals surface area (Å²) in [6.45, 7) is 7.20. The Balaban J connectivity index is 1.63. The summed E-state index contributed by atoms with van der Waals surface area (Å²) in [5, 5.41) is 2.72. The van der Waals surface area contributed by atoms with Crippen LogP contribution in [0.1, 0.15) is 33.3 Å². The van der Waals surface area contributed by atoms with Crippen molar-refractivity contribution < 1.29 is 23.9 Å². The lowest BCUT2D eigenvalue weighted by molar-refractivity contribution is -0.155. The van der Waals surface area contributed by atoms with Gasteiger partial charge in [0.15, 0.2) is 12.7 Å². The molecular formula is C23H26N2O5. The third kappa shape index (κ3) is 4.79. The van der Waals surface area contributed by atoms with Gasteiger partial charge in [0.1, 0.15) is 12.3 Å². The summed E-state index contributed by atoms with van der Waals surface area (Å²) in [5.41, 5.74) is 1.94. The maximum Gasteiger partial charge on any atom is 0.344 e. The Morgan fingerprint density at radius 3 is 2.50 bits per heavy atom. The van der Waals surface area contributed by atoms with Crippen molar-refractivity contribution in [2.24, 2.45) is 0 Å². The Kier molecular flexibility index (Phi) is 6.10. The zero-order valence-corrected chi connectivity index (χ0v) is 17.6. The van der Waals surface area contributed by atoms with E-state index in [4.69, 9.17) is 9.47 Å². The quantitative estimate of drug-likeness (QED) is 0.765. The number of carbonyl (C=O) groups is 3. The van der Waals surface area contributed by atoms with E-state index in [1.807, 2.05) is 18.2 Å². The molecule has 30 heavy (non-hydrogen) atoms. The van der Waals surface area contributed by atoms with Crippen molar-refractivity contribution in [3.8, 4) is 5.75 Å². The highest BCUT2D eigenvalue weighted by molar-refractivity contribution is 6.11. The molecule has 2 aromatic rings. The molecule has 158 valence electrons. The predicted molar refractivity (Wildman–Crippen MR) is 114 cm³/mol. The summed E-state index contributed by atoms with van der Waals surface area (Å²) < 4.78 is 10.9. The number of anilines is 2. The van der Waals surface area contributed by atoms with Crippen molar-refractivity contribution in [2.45, 2.75) is 39.2 Å². The van der Waals surface area contributed by atoms with E-state index in [9.17, 15) is 14.4 Å². The van der Waals surface area contributed by atoms with Gasteiger partial charge in [0.2, 0.25) is 5.91 Å². The van der Waals surface area contributed by atoms with E-state index in [1.54, 1.807) is 30.3 Å². The molecule has 7 nitrogen and oxygen atoms in total. The molecule has 1 aliphatic heterocycles. The van der Waals surface area contributed by atoms with Crippen LogP contribution in [0.25, 0.3) is 0 Å². The van der Waals surface area contributed by atoms with E-state index in [0.29, 0.717) is 17.1 Å². The van der Waals surface area contributed by atoms with Crippen molar-refractivity contribution in [1.82, 2.24) is 0 Å². The fourth-order valence-corrected chi connectivity index (χ4v) is 3.28. The van der Waals surface area contributed by atoms with Crippen LogP contribution in [-0.2, 0) is 24.5 Å². The van der Waals surface area contributed by atoms with Crippen LogP contribution in [0.15, 0.2) is 48.5 Å². The SMILES string of the molecule is C[C@H](OC(=O)COc1ccccc1C(C)(C)C)C(=O)N1CC(=O)Nc2ccccc21. The highest BCUT2D eigenvalue weighted by Crippen LogP contribution is 2.31. The lowest BCUT2D eigenvalue weighted by atomic mass is 9.86. The van der Waals surface area contributed by atoms with Gasteiger partial charge in [-0.3, -0.25) is 14.5 Å². The van der Waals surface area contributed by atoms with E-state index < -0.39 is 18.0 Å². The molecule has 0 aliphatic carbocycles. The molecule has 2 aromatic carbocycles. The first kappa shape index (κ1) is 21.4. The van der Waals surface area contributed by atoms with Gasteiger partial charge in [0, 0.05) is 0 Å². The number of benzene rings is 2. The number of nitrogens with zero attached hydrogens (tertiary/aromatic N) is 1. The molecule has 0 saturated carbocycles. The molecule has 0 radical (unpaired) electrons. The molecule has 1 heterocycles. The number of rotatable bonds is 5. The van der Waals surface area contributed by atoms with Crippen molar-refractivity contribution >= 4 is 29.2 Å². The van der Waals surface area contributed by atoms with E-state index >= 15 is 0 Å². The minimum atomic E-state index is -1.06. The number of hydrogen-bond acceptors (Lipinski definition) is 5. The average molecular weight is 410 g/mol. The number of para-hydroxylation sites is 3. The molecule has 3 rings (SSSR count). The Morgan fingerprint density at radius 1 is 1.10 bits per heavy atom. The van der Waals surface area contributed by atoms with E-state index in [0.717, 1.165) is 5.56 Å². The van der Waals surface area contributed by atoms with Gasteiger partial charge < -0.3 is 14.8 Å². The maximum absolute atomic E-state index is 12.8. The lowest BCUT2D eigenvalue weighted by Crippen LogP contribution is -2.47. The van der Waals surface area contributed by atoms with Crippen molar-refractivity contribution in [3.05, 3.63) is 54.1 Å². The number of fused-ring (bicyclic) bond motifs is 1. The van der Waals surface area contributed by atoms with Gasteiger partial charge >= 0.3 is 5.97 Å². The van der Waals surface area contributed by atoms with Gasteiger partial charge in [-0.1, -0.05) is 51.1 Å². The Hall–Kier alpha value is -3.35. The van der Waals surface area contributed by atoms with Crippen LogP contribution in [0.4, 0.5) is 11.4 Å². The third-order valence-electron chi connectivity index (χ3n) is 4.73. The number of esters is 1. The first-order valence-electron chi connectivity index (χ1n) is 9.79. The minimum absolute atomic E-state index is 0.132. The molecule has 1 N–H and O–H groups in total. The summed E-state index contributed by atoms with van der Waals surface area (Å²) in [5.74, 6) is -0.833. The molecule has 7 heteroatoms. The number of amides is 2. The van der Waals surface area contributed by atoms with Crippen molar-refractivity contribution in [1.29, 1.82) is 0 Å². The van der Waals surface area contributed by atoms with Crippen LogP contribution in [0, 0.1) is 0 Å². The van der Waals surface area contributed by atoms with E-state index in [-0.39, 0.29) is 24.5 Å². The number of ether oxygens (including phenoxy) is 2. The largest absolute Gasteiger partial charge is 0.482 e. The number of nitrogens with one attached hydrogen (secondary N) is 1. The summed E-state index contributed by atoms with van der Waals surface area (Å²) in [6, 6.07) is 14.5. The monoisotopic (exact) mass is 410 g/mol. The molecule has 1 aliphatic rings. The average Bonchev–Trinajstić information content (AvgIpc) is 2.70. The molecule has 1 atom stereocenters. The lowest BCUT2D eigenvalue weighted by Gasteiger charge is -2.30. The second-order valence-electron chi connectivity index (χ2n) is 8.16. The van der Waals surface area contributed by atoms with Gasteiger partial charge in [-0.25, -0.2) is 4.79 Å². The van der Waals surface area contributed by atoms with Crippen molar-refractivity contribution in [2.75, 3.05) is 23.4 Å². The van der Waals surface area contributed by atoms with Crippen molar-refractivity contribution in [3.63, 3.8) is 0 Å². The standard InChI is InChI=1S/C23H26N2O5/c1-15(22(28)25-13-20(26)24-17-10-6-7-11-18(17)25)30-21(27)14-29-19-12-8-5-9-16(19)23(2,3)4/h5-12,15H,13-14H2,1-4H3,(H,24,26)/t15-/m0/s1. The molecule has 0 aromatic heterocycles. The molecular weight excluding hydrogens is 384 g/mol. The van der Waals surface area contributed by atoms with Crippen LogP contribution >= 0.6 is 0 Å². The highest BCUT2D eigenvalue weighted by atomic mass is 16.6. The van der Waals surface area contributed by atoms with Gasteiger partial charge in [-0.2, -0.15) is 0 Å². The topological polar surface area (TPSA) is 84.9 Å². The predicted octanol–water partition coefficient (Wildman–Crippen LogP) is 3.28. The Morgan fingerprint density at radius 2 is 1.77 bits per heavy atom. The van der Waals surface area contributed by atoms with Crippen LogP contribution < -0.4 is 15.0 Å². The molecule has 0 bridgehead atoms. The summed E-state index contributed by atoms with van der Waals surface area (Å²) in [4.78, 5) is 38.4. The van der Waals surface area contributed by atoms with Crippen LogP contribution in [0.3, 0.4) is 0 Å². The third-order valence-corrected chi connectivity index (χ3v) is 4.73. The van der Waals surface area contributed by atoms with E-state index in [2.05, 4.69) is 26.1 Å². The second kappa shape index (κ2) is 8.57. The number of hydrogen-bond donors (Lipinski definition) is 1. The van der Waals surface area contributed by atoms with Gasteiger partial charge in [0.05, 0.1) is 11.4 Å². The minimum Gasteiger partial charge on any atom is -0.482 e. The zero-order chi connectivity index (χ0) is 21.9. The Labute approximate surface area is 176 Å². The van der Waals surface area contributed by atoms with Crippen LogP contribution in [0.2, 0.25) is 0 Å². The summed E-state index contributed by atoms with van der Waals surface area (Å²) >= 11 is 0. The normalized spacial score (nSPS) is 14.4. The van der Waals surface area contributed by atoms with Gasteiger partial charge in [-0.05, 0) is 36.1 Å². The summed E-state index contributed by atoms with van der Waals surface area (Å²) in [6.07, 6.45) is -1.06. The van der Waals surface area contributed by atoms with E-state index in [1.165, 1.54) is 11.8 Å². The smallest absolute Gasteiger partial charge is 0.344 e. The van der Waals surface area contributed by atoms with Crippen LogP contribution in [-0.4, -0.2) is 37.0 Å². The second-order valence-corrected chi connectivity index (χ2v) is 8.16. The fraction of sp³-hybridized carbons (Fsp3) is 0.348. The first-order chi connectivity index (χ1) is 14.2. The molecule has 0 spiro atoms. The molecule has 0 fully saturated rings. The summed E-state index contributed by atoms with van der Waals surface area (Å²) in [7, 11) is 0. The maximum atomic E-state index is 12.8.